The first-order valence-corrected chi connectivity index (χ1v) is 5.28. The van der Waals surface area contributed by atoms with Crippen LogP contribution in [0.4, 0.5) is 5.69 Å². The van der Waals surface area contributed by atoms with Crippen molar-refractivity contribution in [3.8, 4) is 0 Å². The number of nitrogens with one attached hydrogen (secondary N) is 1. The predicted octanol–water partition coefficient (Wildman–Crippen LogP) is 1.13. The van der Waals surface area contributed by atoms with Crippen LogP contribution in [-0.4, -0.2) is 18.4 Å². The third kappa shape index (κ3) is 4.01. The molecular weight excluding hydrogens is 254 g/mol. The summed E-state index contributed by atoms with van der Waals surface area (Å²) in [5.74, 6) is -0.721. The minimum Gasteiger partial charge on any atom is -0.366 e. The average molecular weight is 272 g/mol. The summed E-state index contributed by atoms with van der Waals surface area (Å²) in [7, 11) is 0. The Hall–Kier alpha value is -1.59. The lowest BCUT2D eigenvalue weighted by Gasteiger charge is -2.21. The van der Waals surface area contributed by atoms with Crippen LogP contribution in [-0.2, 0) is 4.79 Å². The fraction of sp³-hybridized carbons (Fsp3) is 0.333. The molecule has 0 unspecified atom stereocenters. The Morgan fingerprint density at radius 1 is 1.33 bits per heavy atom. The molecule has 0 saturated carbocycles. The van der Waals surface area contributed by atoms with Gasteiger partial charge in [0, 0.05) is 17.8 Å². The zero-order valence-corrected chi connectivity index (χ0v) is 11.2. The molecular formula is C12H18ClN3O2. The quantitative estimate of drug-likeness (QED) is 0.765. The number of carbonyl (C=O) groups excluding carboxylic acids is 2. The first-order valence-electron chi connectivity index (χ1n) is 5.28. The number of anilines is 1. The highest BCUT2D eigenvalue weighted by molar-refractivity contribution is 5.98. The summed E-state index contributed by atoms with van der Waals surface area (Å²) >= 11 is 0. The second kappa shape index (κ2) is 6.37. The molecule has 5 nitrogen and oxygen atoms in total. The first-order chi connectivity index (χ1) is 7.86. The SMILES string of the molecule is CC(C)(CN)C(=O)Nc1cccc(C(N)=O)c1.Cl. The molecule has 1 aromatic carbocycles. The summed E-state index contributed by atoms with van der Waals surface area (Å²) in [6.07, 6.45) is 0. The van der Waals surface area contributed by atoms with Gasteiger partial charge in [0.1, 0.15) is 0 Å². The van der Waals surface area contributed by atoms with Gasteiger partial charge >= 0.3 is 0 Å². The van der Waals surface area contributed by atoms with Crippen LogP contribution in [0.5, 0.6) is 0 Å². The summed E-state index contributed by atoms with van der Waals surface area (Å²) < 4.78 is 0. The lowest BCUT2D eigenvalue weighted by Crippen LogP contribution is -2.37. The highest BCUT2D eigenvalue weighted by Crippen LogP contribution is 2.17. The molecule has 0 heterocycles. The maximum absolute atomic E-state index is 11.8. The van der Waals surface area contributed by atoms with Crippen LogP contribution in [0.2, 0.25) is 0 Å². The number of halogens is 1. The highest BCUT2D eigenvalue weighted by Gasteiger charge is 2.25. The lowest BCUT2D eigenvalue weighted by atomic mass is 9.92. The van der Waals surface area contributed by atoms with Gasteiger partial charge < -0.3 is 16.8 Å². The first kappa shape index (κ1) is 16.4. The van der Waals surface area contributed by atoms with Gasteiger partial charge in [-0.2, -0.15) is 0 Å². The molecule has 1 aromatic rings. The lowest BCUT2D eigenvalue weighted by molar-refractivity contribution is -0.123. The third-order valence-corrected chi connectivity index (χ3v) is 2.53. The van der Waals surface area contributed by atoms with Crippen LogP contribution >= 0.6 is 12.4 Å². The molecule has 1 rings (SSSR count). The molecule has 0 atom stereocenters. The van der Waals surface area contributed by atoms with Crippen molar-refractivity contribution in [2.45, 2.75) is 13.8 Å². The molecule has 0 bridgehead atoms. The summed E-state index contributed by atoms with van der Waals surface area (Å²) in [6.45, 7) is 3.74. The molecule has 0 aliphatic carbocycles. The van der Waals surface area contributed by atoms with Gasteiger partial charge in [-0.1, -0.05) is 6.07 Å². The molecule has 0 spiro atoms. The zero-order valence-electron chi connectivity index (χ0n) is 10.4. The van der Waals surface area contributed by atoms with Crippen molar-refractivity contribution in [2.75, 3.05) is 11.9 Å². The van der Waals surface area contributed by atoms with Gasteiger partial charge in [0.05, 0.1) is 5.41 Å². The van der Waals surface area contributed by atoms with Gasteiger partial charge in [-0.25, -0.2) is 0 Å². The van der Waals surface area contributed by atoms with Gasteiger partial charge in [-0.3, -0.25) is 9.59 Å². The predicted molar refractivity (Wildman–Crippen MR) is 73.7 cm³/mol. The molecule has 6 heteroatoms. The standard InChI is InChI=1S/C12H17N3O2.ClH/c1-12(2,7-13)11(17)15-9-5-3-4-8(6-9)10(14)16;/h3-6H,7,13H2,1-2H3,(H2,14,16)(H,15,17);1H. The second-order valence-electron chi connectivity index (χ2n) is 4.49. The molecule has 0 aliphatic heterocycles. The van der Waals surface area contributed by atoms with Crippen LogP contribution in [0.15, 0.2) is 24.3 Å². The topological polar surface area (TPSA) is 98.2 Å². The van der Waals surface area contributed by atoms with Crippen LogP contribution in [0.3, 0.4) is 0 Å². The van der Waals surface area contributed by atoms with Gasteiger partial charge in [0.25, 0.3) is 0 Å². The molecule has 0 aliphatic rings. The van der Waals surface area contributed by atoms with Crippen molar-refractivity contribution >= 4 is 29.9 Å². The van der Waals surface area contributed by atoms with E-state index in [4.69, 9.17) is 11.5 Å². The molecule has 0 aromatic heterocycles. The smallest absolute Gasteiger partial charge is 0.248 e. The van der Waals surface area contributed by atoms with E-state index in [-0.39, 0.29) is 24.9 Å². The summed E-state index contributed by atoms with van der Waals surface area (Å²) in [5.41, 5.74) is 10.9. The van der Waals surface area contributed by atoms with Crippen LogP contribution in [0.1, 0.15) is 24.2 Å². The number of hydrogen-bond donors (Lipinski definition) is 3. The Kier molecular flexibility index (Phi) is 5.81. The average Bonchev–Trinajstić information content (AvgIpc) is 2.29. The maximum Gasteiger partial charge on any atom is 0.248 e. The second-order valence-corrected chi connectivity index (χ2v) is 4.49. The zero-order chi connectivity index (χ0) is 13.1. The van der Waals surface area contributed by atoms with Crippen molar-refractivity contribution in [3.63, 3.8) is 0 Å². The number of nitrogens with two attached hydrogens (primary N) is 2. The Morgan fingerprint density at radius 3 is 2.44 bits per heavy atom. The fourth-order valence-electron chi connectivity index (χ4n) is 1.14. The van der Waals surface area contributed by atoms with Gasteiger partial charge in [-0.15, -0.1) is 12.4 Å². The van der Waals surface area contributed by atoms with Crippen molar-refractivity contribution < 1.29 is 9.59 Å². The van der Waals surface area contributed by atoms with Crippen molar-refractivity contribution in [2.24, 2.45) is 16.9 Å². The maximum atomic E-state index is 11.8. The fourth-order valence-corrected chi connectivity index (χ4v) is 1.14. The minimum atomic E-state index is -0.650. The van der Waals surface area contributed by atoms with E-state index in [9.17, 15) is 9.59 Å². The van der Waals surface area contributed by atoms with E-state index in [1.54, 1.807) is 32.0 Å². The number of hydrogen-bond acceptors (Lipinski definition) is 3. The van der Waals surface area contributed by atoms with Crippen molar-refractivity contribution in [1.29, 1.82) is 0 Å². The summed E-state index contributed by atoms with van der Waals surface area (Å²) in [6, 6.07) is 6.47. The number of rotatable bonds is 4. The van der Waals surface area contributed by atoms with Crippen LogP contribution in [0, 0.1) is 5.41 Å². The molecule has 18 heavy (non-hydrogen) atoms. The van der Waals surface area contributed by atoms with E-state index >= 15 is 0 Å². The largest absolute Gasteiger partial charge is 0.366 e. The molecule has 100 valence electrons. The van der Waals surface area contributed by atoms with Gasteiger partial charge in [-0.05, 0) is 32.0 Å². The van der Waals surface area contributed by atoms with E-state index in [0.29, 0.717) is 11.3 Å². The highest BCUT2D eigenvalue weighted by atomic mass is 35.5. The van der Waals surface area contributed by atoms with E-state index in [1.165, 1.54) is 6.07 Å². The van der Waals surface area contributed by atoms with E-state index in [1.807, 2.05) is 0 Å². The van der Waals surface area contributed by atoms with Gasteiger partial charge in [0.15, 0.2) is 0 Å². The van der Waals surface area contributed by atoms with Crippen molar-refractivity contribution in [3.05, 3.63) is 29.8 Å². The molecule has 0 saturated heterocycles. The van der Waals surface area contributed by atoms with E-state index in [0.717, 1.165) is 0 Å². The van der Waals surface area contributed by atoms with Crippen LogP contribution < -0.4 is 16.8 Å². The normalized spacial score (nSPS) is 10.4. The Morgan fingerprint density at radius 2 is 1.94 bits per heavy atom. The number of benzene rings is 1. The Bertz CT molecular complexity index is 447. The Balaban J connectivity index is 0.00000289. The van der Waals surface area contributed by atoms with E-state index in [2.05, 4.69) is 5.32 Å². The monoisotopic (exact) mass is 271 g/mol. The molecule has 5 N–H and O–H groups in total. The summed E-state index contributed by atoms with van der Waals surface area (Å²) in [4.78, 5) is 22.8. The Labute approximate surface area is 112 Å². The molecule has 0 fully saturated rings. The van der Waals surface area contributed by atoms with Crippen LogP contribution in [0.25, 0.3) is 0 Å². The van der Waals surface area contributed by atoms with E-state index < -0.39 is 11.3 Å². The molecule has 0 radical (unpaired) electrons. The summed E-state index contributed by atoms with van der Waals surface area (Å²) in [5, 5.41) is 2.70. The van der Waals surface area contributed by atoms with Crippen molar-refractivity contribution in [1.82, 2.24) is 0 Å². The number of primary amides is 1. The number of carbonyl (C=O) groups is 2. The van der Waals surface area contributed by atoms with Gasteiger partial charge in [0.2, 0.25) is 11.8 Å². The number of amides is 2. The molecule has 2 amide bonds. The third-order valence-electron chi connectivity index (χ3n) is 2.53. The minimum absolute atomic E-state index is 0.